The molecule has 0 spiro atoms. The molecule has 0 radical (unpaired) electrons. The van der Waals surface area contributed by atoms with Gasteiger partial charge in [-0.05, 0) is 18.4 Å². The molecule has 0 aliphatic heterocycles. The summed E-state index contributed by atoms with van der Waals surface area (Å²) in [6.45, 7) is 0.468. The van der Waals surface area contributed by atoms with E-state index < -0.39 is 0 Å². The molecule has 0 bridgehead atoms. The Morgan fingerprint density at radius 1 is 1.11 bits per heavy atom. The average Bonchev–Trinajstić information content (AvgIpc) is 3.42. The highest BCUT2D eigenvalue weighted by molar-refractivity contribution is 7.98. The first-order chi connectivity index (χ1) is 13.8. The summed E-state index contributed by atoms with van der Waals surface area (Å²) in [7, 11) is 0. The van der Waals surface area contributed by atoms with Gasteiger partial charge in [0.15, 0.2) is 0 Å². The number of benzene rings is 1. The quantitative estimate of drug-likeness (QED) is 0.578. The molecule has 0 saturated heterocycles. The number of nitrogens with one attached hydrogen (secondary N) is 1. The molecule has 1 amide bonds. The van der Waals surface area contributed by atoms with Crippen molar-refractivity contribution >= 4 is 29.0 Å². The third-order valence-corrected chi connectivity index (χ3v) is 6.59. The first-order valence-corrected chi connectivity index (χ1v) is 11.2. The van der Waals surface area contributed by atoms with E-state index in [0.717, 1.165) is 29.3 Å². The summed E-state index contributed by atoms with van der Waals surface area (Å²) in [5.74, 6) is 1.49. The number of nitrogens with zero attached hydrogens (tertiary/aromatic N) is 4. The molecular weight excluding hydrogens is 394 g/mol. The van der Waals surface area contributed by atoms with E-state index in [1.54, 1.807) is 0 Å². The zero-order valence-electron chi connectivity index (χ0n) is 15.3. The molecule has 146 valence electrons. The maximum Gasteiger partial charge on any atom is 0.282 e. The summed E-state index contributed by atoms with van der Waals surface area (Å²) in [5.41, 5.74) is 1.04. The molecule has 1 fully saturated rings. The van der Waals surface area contributed by atoms with Gasteiger partial charge in [0.05, 0.1) is 5.75 Å². The van der Waals surface area contributed by atoms with Crippen molar-refractivity contribution in [2.45, 2.75) is 55.5 Å². The minimum absolute atomic E-state index is 0.213. The van der Waals surface area contributed by atoms with Crippen LogP contribution < -0.4 is 5.32 Å². The Morgan fingerprint density at radius 3 is 2.75 bits per heavy atom. The first-order valence-electron chi connectivity index (χ1n) is 9.38. The van der Waals surface area contributed by atoms with E-state index in [9.17, 15) is 4.79 Å². The van der Waals surface area contributed by atoms with Gasteiger partial charge in [-0.15, -0.1) is 20.4 Å². The van der Waals surface area contributed by atoms with Crippen LogP contribution in [-0.4, -0.2) is 26.3 Å². The van der Waals surface area contributed by atoms with Crippen molar-refractivity contribution < 1.29 is 9.21 Å². The molecule has 1 N–H and O–H groups in total. The van der Waals surface area contributed by atoms with E-state index in [0.29, 0.717) is 28.4 Å². The van der Waals surface area contributed by atoms with Gasteiger partial charge in [-0.1, -0.05) is 72.7 Å². The van der Waals surface area contributed by atoms with Crippen LogP contribution >= 0.6 is 23.1 Å². The molecule has 7 nitrogen and oxygen atoms in total. The SMILES string of the molecule is O=C(NCc1ccccc1)c1nnc(CSc2nnc(C3CCCCC3)o2)s1. The molecule has 0 atom stereocenters. The fraction of sp³-hybridized carbons (Fsp3) is 0.421. The van der Waals surface area contributed by atoms with E-state index in [1.807, 2.05) is 30.3 Å². The van der Waals surface area contributed by atoms with Crippen LogP contribution in [0.5, 0.6) is 0 Å². The molecular formula is C19H21N5O2S2. The topological polar surface area (TPSA) is 93.8 Å². The first kappa shape index (κ1) is 19.1. The monoisotopic (exact) mass is 415 g/mol. The van der Waals surface area contributed by atoms with Crippen LogP contribution in [0, 0.1) is 0 Å². The zero-order chi connectivity index (χ0) is 19.2. The smallest absolute Gasteiger partial charge is 0.282 e. The summed E-state index contributed by atoms with van der Waals surface area (Å²) in [5, 5.41) is 21.0. The van der Waals surface area contributed by atoms with E-state index >= 15 is 0 Å². The summed E-state index contributed by atoms with van der Waals surface area (Å²) in [6.07, 6.45) is 6.02. The van der Waals surface area contributed by atoms with Crippen LogP contribution in [0.4, 0.5) is 0 Å². The standard InChI is InChI=1S/C19H21N5O2S2/c25-16(20-11-13-7-3-1-4-8-13)18-23-21-15(28-18)12-27-19-24-22-17(26-19)14-9-5-2-6-10-14/h1,3-4,7-8,14H,2,5-6,9-12H2,(H,20,25). The second kappa shape index (κ2) is 9.29. The molecule has 1 aromatic carbocycles. The van der Waals surface area contributed by atoms with Gasteiger partial charge in [-0.2, -0.15) is 0 Å². The largest absolute Gasteiger partial charge is 0.416 e. The second-order valence-corrected chi connectivity index (χ2v) is 8.69. The summed E-state index contributed by atoms with van der Waals surface area (Å²) >= 11 is 2.71. The Labute approximate surface area is 171 Å². The molecule has 9 heteroatoms. The van der Waals surface area contributed by atoms with E-state index in [2.05, 4.69) is 25.7 Å². The molecule has 4 rings (SSSR count). The normalized spacial score (nSPS) is 14.9. The number of aromatic nitrogens is 4. The van der Waals surface area contributed by atoms with Crippen LogP contribution in [-0.2, 0) is 12.3 Å². The van der Waals surface area contributed by atoms with Gasteiger partial charge in [0.25, 0.3) is 11.1 Å². The van der Waals surface area contributed by atoms with Crippen LogP contribution in [0.25, 0.3) is 0 Å². The average molecular weight is 416 g/mol. The van der Waals surface area contributed by atoms with Crippen molar-refractivity contribution in [2.75, 3.05) is 0 Å². The van der Waals surface area contributed by atoms with Crippen LogP contribution in [0.1, 0.15) is 64.3 Å². The van der Waals surface area contributed by atoms with Gasteiger partial charge in [0.1, 0.15) is 5.01 Å². The second-order valence-electron chi connectivity index (χ2n) is 6.70. The molecule has 1 aliphatic rings. The Morgan fingerprint density at radius 2 is 1.93 bits per heavy atom. The molecule has 1 saturated carbocycles. The van der Waals surface area contributed by atoms with Gasteiger partial charge in [0.2, 0.25) is 10.9 Å². The highest BCUT2D eigenvalue weighted by Crippen LogP contribution is 2.33. The minimum Gasteiger partial charge on any atom is -0.416 e. The number of carbonyl (C=O) groups is 1. The van der Waals surface area contributed by atoms with E-state index in [4.69, 9.17) is 4.42 Å². The number of hydrogen-bond acceptors (Lipinski definition) is 8. The number of thioether (sulfide) groups is 1. The highest BCUT2D eigenvalue weighted by Gasteiger charge is 2.21. The van der Waals surface area contributed by atoms with Gasteiger partial charge < -0.3 is 9.73 Å². The van der Waals surface area contributed by atoms with Crippen molar-refractivity contribution in [2.24, 2.45) is 0 Å². The van der Waals surface area contributed by atoms with Crippen molar-refractivity contribution in [1.82, 2.24) is 25.7 Å². The Bertz CT molecular complexity index is 906. The van der Waals surface area contributed by atoms with Crippen molar-refractivity contribution in [1.29, 1.82) is 0 Å². The van der Waals surface area contributed by atoms with Crippen LogP contribution in [0.3, 0.4) is 0 Å². The number of hydrogen-bond donors (Lipinski definition) is 1. The van der Waals surface area contributed by atoms with E-state index in [1.165, 1.54) is 42.4 Å². The Hall–Kier alpha value is -2.26. The lowest BCUT2D eigenvalue weighted by Gasteiger charge is -2.17. The van der Waals surface area contributed by atoms with Crippen molar-refractivity contribution in [3.05, 3.63) is 51.8 Å². The van der Waals surface area contributed by atoms with Gasteiger partial charge in [-0.25, -0.2) is 0 Å². The van der Waals surface area contributed by atoms with Crippen LogP contribution in [0.15, 0.2) is 40.0 Å². The Kier molecular flexibility index (Phi) is 6.33. The summed E-state index contributed by atoms with van der Waals surface area (Å²) < 4.78 is 5.80. The minimum atomic E-state index is -0.213. The number of amides is 1. The fourth-order valence-electron chi connectivity index (χ4n) is 3.17. The summed E-state index contributed by atoms with van der Waals surface area (Å²) in [6, 6.07) is 9.77. The number of carbonyl (C=O) groups excluding carboxylic acids is 1. The molecule has 3 aromatic rings. The van der Waals surface area contributed by atoms with Gasteiger partial charge >= 0.3 is 0 Å². The summed E-state index contributed by atoms with van der Waals surface area (Å²) in [4.78, 5) is 12.2. The maximum absolute atomic E-state index is 12.2. The van der Waals surface area contributed by atoms with Gasteiger partial charge in [-0.3, -0.25) is 4.79 Å². The highest BCUT2D eigenvalue weighted by atomic mass is 32.2. The number of rotatable bonds is 7. The lowest BCUT2D eigenvalue weighted by molar-refractivity contribution is 0.0950. The van der Waals surface area contributed by atoms with Crippen molar-refractivity contribution in [3.63, 3.8) is 0 Å². The third kappa shape index (κ3) is 4.96. The van der Waals surface area contributed by atoms with Gasteiger partial charge in [0, 0.05) is 12.5 Å². The molecule has 1 aliphatic carbocycles. The maximum atomic E-state index is 12.2. The third-order valence-electron chi connectivity index (χ3n) is 4.65. The Balaban J connectivity index is 1.27. The lowest BCUT2D eigenvalue weighted by Crippen LogP contribution is -2.22. The fourth-order valence-corrected chi connectivity index (χ4v) is 4.69. The van der Waals surface area contributed by atoms with Crippen molar-refractivity contribution in [3.8, 4) is 0 Å². The molecule has 0 unspecified atom stereocenters. The predicted molar refractivity (Wildman–Crippen MR) is 107 cm³/mol. The van der Waals surface area contributed by atoms with Crippen LogP contribution in [0.2, 0.25) is 0 Å². The zero-order valence-corrected chi connectivity index (χ0v) is 17.0. The molecule has 28 heavy (non-hydrogen) atoms. The van der Waals surface area contributed by atoms with E-state index in [-0.39, 0.29) is 5.91 Å². The molecule has 2 heterocycles. The lowest BCUT2D eigenvalue weighted by atomic mass is 9.89. The molecule has 2 aromatic heterocycles. The predicted octanol–water partition coefficient (Wildman–Crippen LogP) is 4.19.